The highest BCUT2D eigenvalue weighted by molar-refractivity contribution is 9.10. The highest BCUT2D eigenvalue weighted by Crippen LogP contribution is 2.37. The van der Waals surface area contributed by atoms with Gasteiger partial charge in [0, 0.05) is 22.4 Å². The van der Waals surface area contributed by atoms with E-state index in [1.807, 2.05) is 0 Å². The molecule has 1 unspecified atom stereocenters. The van der Waals surface area contributed by atoms with E-state index < -0.39 is 0 Å². The van der Waals surface area contributed by atoms with Gasteiger partial charge in [-0.05, 0) is 47.8 Å². The normalized spacial score (nSPS) is 18.4. The van der Waals surface area contributed by atoms with Gasteiger partial charge in [-0.15, -0.1) is 11.3 Å². The molecule has 0 aromatic carbocycles. The number of likely N-dealkylation sites (N-methyl/N-ethyl adjacent to an activating group) is 1. The van der Waals surface area contributed by atoms with Crippen molar-refractivity contribution in [1.82, 2.24) is 4.90 Å². The van der Waals surface area contributed by atoms with E-state index in [-0.39, 0.29) is 0 Å². The van der Waals surface area contributed by atoms with Crippen LogP contribution in [-0.4, -0.2) is 25.0 Å². The zero-order chi connectivity index (χ0) is 12.4. The van der Waals surface area contributed by atoms with Gasteiger partial charge in [-0.1, -0.05) is 18.0 Å². The summed E-state index contributed by atoms with van der Waals surface area (Å²) in [5.74, 6) is 0.868. The van der Waals surface area contributed by atoms with Gasteiger partial charge >= 0.3 is 0 Å². The second-order valence-corrected chi connectivity index (χ2v) is 7.30. The van der Waals surface area contributed by atoms with E-state index in [0.717, 1.165) is 21.3 Å². The Morgan fingerprint density at radius 2 is 2.35 bits per heavy atom. The number of halogens is 2. The molecular weight excluding hydrogens is 320 g/mol. The summed E-state index contributed by atoms with van der Waals surface area (Å²) in [7, 11) is 2.16. The van der Waals surface area contributed by atoms with Gasteiger partial charge in [0.1, 0.15) is 4.34 Å². The third-order valence-electron chi connectivity index (χ3n) is 3.52. The molecule has 5 heteroatoms. The molecule has 2 rings (SSSR count). The van der Waals surface area contributed by atoms with Crippen molar-refractivity contribution in [3.63, 3.8) is 0 Å². The van der Waals surface area contributed by atoms with Crippen molar-refractivity contribution in [3.05, 3.63) is 19.8 Å². The van der Waals surface area contributed by atoms with Crippen LogP contribution < -0.4 is 5.73 Å². The summed E-state index contributed by atoms with van der Waals surface area (Å²) in [6.45, 7) is 1.79. The zero-order valence-electron chi connectivity index (χ0n) is 9.96. The monoisotopic (exact) mass is 336 g/mol. The topological polar surface area (TPSA) is 29.3 Å². The van der Waals surface area contributed by atoms with Crippen LogP contribution in [0.4, 0.5) is 0 Å². The largest absolute Gasteiger partial charge is 0.329 e. The van der Waals surface area contributed by atoms with Crippen LogP contribution in [0.3, 0.4) is 0 Å². The molecule has 1 aromatic heterocycles. The van der Waals surface area contributed by atoms with Crippen molar-refractivity contribution in [2.75, 3.05) is 20.1 Å². The molecule has 2 N–H and O–H groups in total. The quantitative estimate of drug-likeness (QED) is 0.883. The van der Waals surface area contributed by atoms with Crippen molar-refractivity contribution < 1.29 is 0 Å². The number of hydrogen-bond acceptors (Lipinski definition) is 3. The number of hydrogen-bond donors (Lipinski definition) is 1. The highest BCUT2D eigenvalue weighted by Gasteiger charge is 2.24. The first kappa shape index (κ1) is 13.8. The van der Waals surface area contributed by atoms with Crippen LogP contribution in [0.15, 0.2) is 10.5 Å². The lowest BCUT2D eigenvalue weighted by Crippen LogP contribution is -2.35. The fourth-order valence-electron chi connectivity index (χ4n) is 2.25. The zero-order valence-corrected chi connectivity index (χ0v) is 13.1. The van der Waals surface area contributed by atoms with Crippen LogP contribution in [0.25, 0.3) is 0 Å². The van der Waals surface area contributed by atoms with Crippen molar-refractivity contribution in [2.45, 2.75) is 25.3 Å². The fraction of sp³-hybridized carbons (Fsp3) is 0.667. The van der Waals surface area contributed by atoms with E-state index in [9.17, 15) is 0 Å². The maximum atomic E-state index is 6.09. The number of nitrogens with zero attached hydrogens (tertiary/aromatic N) is 1. The lowest BCUT2D eigenvalue weighted by Gasteiger charge is -2.34. The minimum absolute atomic E-state index is 0.296. The van der Waals surface area contributed by atoms with E-state index in [2.05, 4.69) is 33.9 Å². The molecule has 1 heterocycles. The van der Waals surface area contributed by atoms with Crippen LogP contribution >= 0.6 is 38.9 Å². The Morgan fingerprint density at radius 3 is 2.76 bits per heavy atom. The maximum Gasteiger partial charge on any atom is 0.107 e. The van der Waals surface area contributed by atoms with Crippen LogP contribution in [0.2, 0.25) is 4.34 Å². The van der Waals surface area contributed by atoms with Crippen LogP contribution in [0.1, 0.15) is 30.2 Å². The maximum absolute atomic E-state index is 6.09. The molecule has 0 amide bonds. The first-order valence-electron chi connectivity index (χ1n) is 5.97. The summed E-state index contributed by atoms with van der Waals surface area (Å²) in [4.78, 5) is 3.63. The molecule has 17 heavy (non-hydrogen) atoms. The van der Waals surface area contributed by atoms with E-state index in [1.165, 1.54) is 24.1 Å². The van der Waals surface area contributed by atoms with Gasteiger partial charge < -0.3 is 5.73 Å². The van der Waals surface area contributed by atoms with E-state index in [1.54, 1.807) is 11.3 Å². The van der Waals surface area contributed by atoms with E-state index in [0.29, 0.717) is 12.6 Å². The third-order valence-corrected chi connectivity index (χ3v) is 6.09. The van der Waals surface area contributed by atoms with Crippen molar-refractivity contribution in [1.29, 1.82) is 0 Å². The molecule has 1 atom stereocenters. The van der Waals surface area contributed by atoms with E-state index >= 15 is 0 Å². The fourth-order valence-corrected chi connectivity index (χ4v) is 4.17. The second-order valence-electron chi connectivity index (χ2n) is 4.76. The summed E-state index contributed by atoms with van der Waals surface area (Å²) in [5, 5.41) is 0. The van der Waals surface area contributed by atoms with Gasteiger partial charge in [0.25, 0.3) is 0 Å². The smallest absolute Gasteiger partial charge is 0.107 e. The molecule has 0 aliphatic heterocycles. The van der Waals surface area contributed by atoms with Gasteiger partial charge in [0.2, 0.25) is 0 Å². The van der Waals surface area contributed by atoms with Gasteiger partial charge in [-0.3, -0.25) is 4.90 Å². The molecule has 96 valence electrons. The average molecular weight is 338 g/mol. The van der Waals surface area contributed by atoms with E-state index in [4.69, 9.17) is 17.3 Å². The lowest BCUT2D eigenvalue weighted by atomic mass is 9.85. The minimum atomic E-state index is 0.296. The number of thiophene rings is 1. The summed E-state index contributed by atoms with van der Waals surface area (Å²) in [6.07, 6.45) is 4.13. The molecule has 0 saturated heterocycles. The average Bonchev–Trinajstić information content (AvgIpc) is 2.54. The minimum Gasteiger partial charge on any atom is -0.329 e. The summed E-state index contributed by atoms with van der Waals surface area (Å²) < 4.78 is 1.80. The first-order chi connectivity index (χ1) is 8.11. The summed E-state index contributed by atoms with van der Waals surface area (Å²) >= 11 is 11.2. The Balaban J connectivity index is 2.03. The Bertz CT molecular complexity index is 359. The predicted molar refractivity (Wildman–Crippen MR) is 78.8 cm³/mol. The Hall–Kier alpha value is 0.390. The predicted octanol–water partition coefficient (Wildman–Crippen LogP) is 3.90. The van der Waals surface area contributed by atoms with Gasteiger partial charge in [0.05, 0.1) is 6.04 Å². The van der Waals surface area contributed by atoms with Gasteiger partial charge in [0.15, 0.2) is 0 Å². The summed E-state index contributed by atoms with van der Waals surface area (Å²) in [5.41, 5.74) is 5.91. The van der Waals surface area contributed by atoms with Gasteiger partial charge in [-0.2, -0.15) is 0 Å². The Labute approximate surface area is 120 Å². The molecule has 1 fully saturated rings. The van der Waals surface area contributed by atoms with Crippen molar-refractivity contribution >= 4 is 38.9 Å². The molecule has 0 radical (unpaired) electrons. The van der Waals surface area contributed by atoms with Crippen molar-refractivity contribution in [3.8, 4) is 0 Å². The van der Waals surface area contributed by atoms with Crippen LogP contribution in [0.5, 0.6) is 0 Å². The molecule has 1 aliphatic rings. The molecule has 2 nitrogen and oxygen atoms in total. The highest BCUT2D eigenvalue weighted by atomic mass is 79.9. The molecule has 0 spiro atoms. The second kappa shape index (κ2) is 6.02. The lowest BCUT2D eigenvalue weighted by molar-refractivity contribution is 0.166. The van der Waals surface area contributed by atoms with Gasteiger partial charge in [-0.25, -0.2) is 0 Å². The third kappa shape index (κ3) is 3.24. The first-order valence-corrected chi connectivity index (χ1v) is 7.95. The Morgan fingerprint density at radius 1 is 1.65 bits per heavy atom. The molecule has 1 aromatic rings. The van der Waals surface area contributed by atoms with Crippen LogP contribution in [-0.2, 0) is 0 Å². The molecule has 1 saturated carbocycles. The molecular formula is C12H18BrClN2S. The Kier molecular flexibility index (Phi) is 4.89. The molecule has 1 aliphatic carbocycles. The number of nitrogens with two attached hydrogens (primary N) is 1. The van der Waals surface area contributed by atoms with Crippen molar-refractivity contribution in [2.24, 2.45) is 11.7 Å². The summed E-state index contributed by atoms with van der Waals surface area (Å²) in [6, 6.07) is 2.39. The number of rotatable bonds is 5. The molecule has 0 bridgehead atoms. The van der Waals surface area contributed by atoms with Crippen LogP contribution in [0, 0.1) is 5.92 Å². The SMILES string of the molecule is CN(CC1CCC1)C(CN)c1cc(Br)c(Cl)s1. The standard InChI is InChI=1S/C12H18BrClN2S/c1-16(7-8-3-2-4-8)10(6-15)11-5-9(13)12(14)17-11/h5,8,10H,2-4,6-7,15H2,1H3.